The van der Waals surface area contributed by atoms with E-state index < -0.39 is 0 Å². The molecule has 1 unspecified atom stereocenters. The molecule has 1 N–H and O–H groups in total. The predicted molar refractivity (Wildman–Crippen MR) is 124 cm³/mol. The molecule has 0 aliphatic heterocycles. The van der Waals surface area contributed by atoms with Gasteiger partial charge < -0.3 is 5.11 Å². The Morgan fingerprint density at radius 1 is 0.607 bits per heavy atom. The van der Waals surface area contributed by atoms with Crippen LogP contribution in [0.25, 0.3) is 10.8 Å². The van der Waals surface area contributed by atoms with Crippen LogP contribution in [0.3, 0.4) is 0 Å². The Bertz CT molecular complexity index is 633. The number of benzene rings is 2. The van der Waals surface area contributed by atoms with Crippen LogP contribution in [0.4, 0.5) is 0 Å². The molecule has 28 heavy (non-hydrogen) atoms. The Morgan fingerprint density at radius 2 is 1.11 bits per heavy atom. The third-order valence-electron chi connectivity index (χ3n) is 5.99. The lowest BCUT2D eigenvalue weighted by atomic mass is 9.99. The number of fused-ring (bicyclic) bond motifs is 1. The first kappa shape index (κ1) is 22.9. The van der Waals surface area contributed by atoms with E-state index in [1.807, 2.05) is 0 Å². The van der Waals surface area contributed by atoms with Crippen molar-refractivity contribution in [1.82, 2.24) is 0 Å². The van der Waals surface area contributed by atoms with Crippen LogP contribution in [-0.2, 0) is 0 Å². The zero-order valence-corrected chi connectivity index (χ0v) is 18.2. The van der Waals surface area contributed by atoms with Gasteiger partial charge in [0.15, 0.2) is 0 Å². The van der Waals surface area contributed by atoms with Crippen LogP contribution in [-0.4, -0.2) is 5.11 Å². The third-order valence-corrected chi connectivity index (χ3v) is 5.99. The largest absolute Gasteiger partial charge is 0.388 e. The first-order valence-electron chi connectivity index (χ1n) is 12.0. The van der Waals surface area contributed by atoms with Gasteiger partial charge in [0.2, 0.25) is 0 Å². The number of unbranched alkanes of at least 4 members (excludes halogenated alkanes) is 13. The number of aliphatic hydroxyl groups excluding tert-OH is 1. The van der Waals surface area contributed by atoms with Gasteiger partial charge in [0.1, 0.15) is 0 Å². The fraction of sp³-hybridized carbons (Fsp3) is 0.630. The SMILES string of the molecule is CCCCCCCCCCCCCCCCC(O)c1ccc2ccccc2c1. The van der Waals surface area contributed by atoms with Gasteiger partial charge >= 0.3 is 0 Å². The minimum Gasteiger partial charge on any atom is -0.388 e. The summed E-state index contributed by atoms with van der Waals surface area (Å²) in [6.45, 7) is 2.28. The Hall–Kier alpha value is -1.34. The normalized spacial score (nSPS) is 12.5. The molecular formula is C27H42O. The summed E-state index contributed by atoms with van der Waals surface area (Å²) in [6, 6.07) is 14.7. The monoisotopic (exact) mass is 382 g/mol. The van der Waals surface area contributed by atoms with Crippen molar-refractivity contribution >= 4 is 10.8 Å². The van der Waals surface area contributed by atoms with E-state index in [1.165, 1.54) is 94.2 Å². The summed E-state index contributed by atoms with van der Waals surface area (Å²) in [6.07, 6.45) is 19.8. The van der Waals surface area contributed by atoms with Crippen LogP contribution >= 0.6 is 0 Å². The second kappa shape index (κ2) is 14.6. The average molecular weight is 383 g/mol. The molecule has 0 aromatic heterocycles. The Balaban J connectivity index is 1.43. The molecule has 1 nitrogen and oxygen atoms in total. The molecule has 0 aliphatic rings. The smallest absolute Gasteiger partial charge is 0.0790 e. The van der Waals surface area contributed by atoms with E-state index >= 15 is 0 Å². The minimum absolute atomic E-state index is 0.318. The molecule has 0 spiro atoms. The molecule has 1 atom stereocenters. The van der Waals surface area contributed by atoms with Gasteiger partial charge in [-0.15, -0.1) is 0 Å². The summed E-state index contributed by atoms with van der Waals surface area (Å²) >= 11 is 0. The molecule has 0 heterocycles. The van der Waals surface area contributed by atoms with E-state index in [9.17, 15) is 5.11 Å². The highest BCUT2D eigenvalue weighted by Gasteiger charge is 2.07. The van der Waals surface area contributed by atoms with Crippen LogP contribution < -0.4 is 0 Å². The van der Waals surface area contributed by atoms with Gasteiger partial charge in [-0.3, -0.25) is 0 Å². The van der Waals surface area contributed by atoms with Crippen molar-refractivity contribution in [1.29, 1.82) is 0 Å². The van der Waals surface area contributed by atoms with Crippen molar-refractivity contribution in [2.45, 2.75) is 109 Å². The quantitative estimate of drug-likeness (QED) is 0.288. The van der Waals surface area contributed by atoms with Gasteiger partial charge in [-0.1, -0.05) is 133 Å². The number of aliphatic hydroxyl groups is 1. The number of hydrogen-bond acceptors (Lipinski definition) is 1. The highest BCUT2D eigenvalue weighted by molar-refractivity contribution is 5.83. The summed E-state index contributed by atoms with van der Waals surface area (Å²) in [4.78, 5) is 0. The Labute approximate surface area is 173 Å². The summed E-state index contributed by atoms with van der Waals surface area (Å²) in [5.74, 6) is 0. The molecule has 0 saturated heterocycles. The zero-order chi connectivity index (χ0) is 19.9. The molecule has 2 aromatic carbocycles. The fourth-order valence-electron chi connectivity index (χ4n) is 4.11. The van der Waals surface area contributed by atoms with Gasteiger partial charge in [0.25, 0.3) is 0 Å². The van der Waals surface area contributed by atoms with Gasteiger partial charge in [-0.25, -0.2) is 0 Å². The Morgan fingerprint density at radius 3 is 1.68 bits per heavy atom. The lowest BCUT2D eigenvalue weighted by Crippen LogP contribution is -1.97. The molecule has 2 aromatic rings. The van der Waals surface area contributed by atoms with E-state index in [1.54, 1.807) is 0 Å². The van der Waals surface area contributed by atoms with E-state index in [-0.39, 0.29) is 6.10 Å². The second-order valence-electron chi connectivity index (χ2n) is 8.51. The minimum atomic E-state index is -0.318. The second-order valence-corrected chi connectivity index (χ2v) is 8.51. The van der Waals surface area contributed by atoms with Crippen LogP contribution in [0.5, 0.6) is 0 Å². The summed E-state index contributed by atoms with van der Waals surface area (Å²) in [5.41, 5.74) is 1.06. The predicted octanol–water partition coefficient (Wildman–Crippen LogP) is 8.74. The van der Waals surface area contributed by atoms with Crippen molar-refractivity contribution in [2.24, 2.45) is 0 Å². The third kappa shape index (κ3) is 9.24. The molecule has 0 amide bonds. The van der Waals surface area contributed by atoms with E-state index in [0.717, 1.165) is 18.4 Å². The first-order valence-corrected chi connectivity index (χ1v) is 12.0. The van der Waals surface area contributed by atoms with Gasteiger partial charge in [-0.2, -0.15) is 0 Å². The van der Waals surface area contributed by atoms with Crippen LogP contribution in [0, 0.1) is 0 Å². The maximum absolute atomic E-state index is 10.5. The molecule has 0 bridgehead atoms. The average Bonchev–Trinajstić information content (AvgIpc) is 2.73. The summed E-state index contributed by atoms with van der Waals surface area (Å²) in [7, 11) is 0. The van der Waals surface area contributed by atoms with E-state index in [0.29, 0.717) is 0 Å². The lowest BCUT2D eigenvalue weighted by Gasteiger charge is -2.12. The maximum atomic E-state index is 10.5. The van der Waals surface area contributed by atoms with Gasteiger partial charge in [0.05, 0.1) is 6.10 Å². The maximum Gasteiger partial charge on any atom is 0.0790 e. The van der Waals surface area contributed by atoms with Crippen LogP contribution in [0.15, 0.2) is 42.5 Å². The van der Waals surface area contributed by atoms with Crippen molar-refractivity contribution < 1.29 is 5.11 Å². The molecule has 0 radical (unpaired) electrons. The molecular weight excluding hydrogens is 340 g/mol. The van der Waals surface area contributed by atoms with Gasteiger partial charge in [-0.05, 0) is 28.8 Å². The van der Waals surface area contributed by atoms with E-state index in [4.69, 9.17) is 0 Å². The van der Waals surface area contributed by atoms with Crippen molar-refractivity contribution in [3.05, 3.63) is 48.0 Å². The molecule has 0 fully saturated rings. The molecule has 1 heteroatoms. The van der Waals surface area contributed by atoms with Crippen LogP contribution in [0.1, 0.15) is 115 Å². The van der Waals surface area contributed by atoms with Crippen LogP contribution in [0.2, 0.25) is 0 Å². The molecule has 2 rings (SSSR count). The number of rotatable bonds is 16. The molecule has 0 saturated carbocycles. The summed E-state index contributed by atoms with van der Waals surface area (Å²) < 4.78 is 0. The molecule has 156 valence electrons. The first-order chi connectivity index (χ1) is 13.8. The summed E-state index contributed by atoms with van der Waals surface area (Å²) in [5, 5.41) is 12.9. The van der Waals surface area contributed by atoms with Crippen molar-refractivity contribution in [3.8, 4) is 0 Å². The van der Waals surface area contributed by atoms with E-state index in [2.05, 4.69) is 49.4 Å². The highest BCUT2D eigenvalue weighted by Crippen LogP contribution is 2.24. The molecule has 0 aliphatic carbocycles. The standard InChI is InChI=1S/C27H42O/c1-2-3-4-5-6-7-8-9-10-11-12-13-14-15-20-27(28)26-22-21-24-18-16-17-19-25(24)23-26/h16-19,21-23,27-28H,2-15,20H2,1H3. The number of hydrogen-bond donors (Lipinski definition) is 1. The zero-order valence-electron chi connectivity index (χ0n) is 18.2. The van der Waals surface area contributed by atoms with Gasteiger partial charge in [0, 0.05) is 0 Å². The highest BCUT2D eigenvalue weighted by atomic mass is 16.3. The topological polar surface area (TPSA) is 20.2 Å². The van der Waals surface area contributed by atoms with Crippen molar-refractivity contribution in [2.75, 3.05) is 0 Å². The lowest BCUT2D eigenvalue weighted by molar-refractivity contribution is 0.163. The Kier molecular flexibility index (Phi) is 12.0. The van der Waals surface area contributed by atoms with Crippen molar-refractivity contribution in [3.63, 3.8) is 0 Å². The fourth-order valence-corrected chi connectivity index (χ4v) is 4.11.